The molecule has 33 heavy (non-hydrogen) atoms. The van der Waals surface area contributed by atoms with Crippen LogP contribution in [-0.4, -0.2) is 52.0 Å². The second-order valence-corrected chi connectivity index (χ2v) is 7.52. The van der Waals surface area contributed by atoms with Crippen molar-refractivity contribution in [1.29, 1.82) is 0 Å². The molecule has 1 aliphatic rings. The van der Waals surface area contributed by atoms with Gasteiger partial charge in [-0.25, -0.2) is 0 Å². The lowest BCUT2D eigenvalue weighted by atomic mass is 10.2. The molecule has 0 atom stereocenters. The van der Waals surface area contributed by atoms with E-state index in [1.54, 1.807) is 6.08 Å². The molecule has 7 heteroatoms. The fraction of sp³-hybridized carbons (Fsp3) is 0.423. The largest absolute Gasteiger partial charge is 0.494 e. The summed E-state index contributed by atoms with van der Waals surface area (Å²) in [6.07, 6.45) is 4.24. The van der Waals surface area contributed by atoms with Gasteiger partial charge in [-0.05, 0) is 44.0 Å². The minimum atomic E-state index is -0.246. The summed E-state index contributed by atoms with van der Waals surface area (Å²) in [4.78, 5) is 14.9. The summed E-state index contributed by atoms with van der Waals surface area (Å²) in [5, 5.41) is 2.94. The van der Waals surface area contributed by atoms with Crippen LogP contribution in [0.4, 0.5) is 11.4 Å². The van der Waals surface area contributed by atoms with Crippen LogP contribution in [0.15, 0.2) is 42.5 Å². The third-order valence-electron chi connectivity index (χ3n) is 5.05. The summed E-state index contributed by atoms with van der Waals surface area (Å²) >= 11 is 0. The highest BCUT2D eigenvalue weighted by Crippen LogP contribution is 2.39. The molecule has 0 radical (unpaired) electrons. The van der Waals surface area contributed by atoms with Gasteiger partial charge in [-0.2, -0.15) is 0 Å². The second kappa shape index (κ2) is 12.7. The molecule has 0 spiro atoms. The number of morpholine rings is 1. The number of ether oxygens (including phenoxy) is 4. The number of amides is 1. The summed E-state index contributed by atoms with van der Waals surface area (Å²) < 4.78 is 22.8. The van der Waals surface area contributed by atoms with Gasteiger partial charge in [0.1, 0.15) is 17.2 Å². The van der Waals surface area contributed by atoms with Gasteiger partial charge in [-0.15, -0.1) is 0 Å². The first-order chi connectivity index (χ1) is 16.1. The Bertz CT molecular complexity index is 921. The molecule has 2 aromatic rings. The molecule has 0 unspecified atom stereocenters. The minimum Gasteiger partial charge on any atom is -0.494 e. The maximum absolute atomic E-state index is 12.7. The lowest BCUT2D eigenvalue weighted by Crippen LogP contribution is -2.36. The van der Waals surface area contributed by atoms with Crippen LogP contribution in [0.2, 0.25) is 0 Å². The molecule has 7 nitrogen and oxygen atoms in total. The summed E-state index contributed by atoms with van der Waals surface area (Å²) in [6, 6.07) is 11.4. The standard InChI is InChI=1S/C26H34N2O5/c1-4-15-33-21-10-7-20(8-11-21)9-12-26(29)27-22-18-25(32-6-3)23(19-24(22)31-5-2)28-13-16-30-17-14-28/h7-12,18-19H,4-6,13-17H2,1-3H3,(H,27,29)/b12-9+. The van der Waals surface area contributed by atoms with Crippen LogP contribution in [-0.2, 0) is 9.53 Å². The van der Waals surface area contributed by atoms with Crippen molar-refractivity contribution in [3.8, 4) is 17.2 Å². The molecular formula is C26H34N2O5. The van der Waals surface area contributed by atoms with Gasteiger partial charge < -0.3 is 29.2 Å². The molecule has 3 rings (SSSR count). The molecule has 1 aliphatic heterocycles. The molecule has 1 amide bonds. The first-order valence-corrected chi connectivity index (χ1v) is 11.6. The van der Waals surface area contributed by atoms with E-state index in [-0.39, 0.29) is 5.91 Å². The van der Waals surface area contributed by atoms with E-state index >= 15 is 0 Å². The first kappa shape index (κ1) is 24.5. The van der Waals surface area contributed by atoms with Crippen molar-refractivity contribution in [2.45, 2.75) is 27.2 Å². The molecule has 1 heterocycles. The van der Waals surface area contributed by atoms with Crippen molar-refractivity contribution in [2.24, 2.45) is 0 Å². The van der Waals surface area contributed by atoms with Crippen molar-refractivity contribution >= 4 is 23.4 Å². The van der Waals surface area contributed by atoms with E-state index in [2.05, 4.69) is 17.1 Å². The van der Waals surface area contributed by atoms with Gasteiger partial charge in [0.15, 0.2) is 0 Å². The maximum Gasteiger partial charge on any atom is 0.248 e. The van der Waals surface area contributed by atoms with E-state index in [1.807, 2.05) is 50.2 Å². The number of rotatable bonds is 11. The van der Waals surface area contributed by atoms with Crippen LogP contribution in [0.25, 0.3) is 6.08 Å². The number of carbonyl (C=O) groups excluding carboxylic acids is 1. The molecule has 2 aromatic carbocycles. The van der Waals surface area contributed by atoms with Crippen molar-refractivity contribution < 1.29 is 23.7 Å². The molecule has 1 N–H and O–H groups in total. The Morgan fingerprint density at radius 3 is 2.36 bits per heavy atom. The molecule has 0 saturated carbocycles. The molecular weight excluding hydrogens is 420 g/mol. The molecule has 178 valence electrons. The number of carbonyl (C=O) groups is 1. The Kier molecular flexibility index (Phi) is 9.44. The molecule has 1 saturated heterocycles. The number of nitrogens with one attached hydrogen (secondary N) is 1. The zero-order valence-corrected chi connectivity index (χ0v) is 19.8. The average molecular weight is 455 g/mol. The summed E-state index contributed by atoms with van der Waals surface area (Å²) in [5.41, 5.74) is 2.44. The predicted octanol–water partition coefficient (Wildman–Crippen LogP) is 4.76. The Morgan fingerprint density at radius 1 is 1.00 bits per heavy atom. The summed E-state index contributed by atoms with van der Waals surface area (Å²) in [6.45, 7) is 10.5. The van der Waals surface area contributed by atoms with Crippen LogP contribution < -0.4 is 24.4 Å². The SMILES string of the molecule is CCCOc1ccc(/C=C/C(=O)Nc2cc(OCC)c(N3CCOCC3)cc2OCC)cc1. The van der Waals surface area contributed by atoms with Gasteiger partial charge in [0.25, 0.3) is 0 Å². The van der Waals surface area contributed by atoms with E-state index in [1.165, 1.54) is 6.08 Å². The molecule has 0 aromatic heterocycles. The third kappa shape index (κ3) is 7.15. The van der Waals surface area contributed by atoms with Gasteiger partial charge in [0.05, 0.1) is 44.4 Å². The van der Waals surface area contributed by atoms with Crippen LogP contribution in [0.3, 0.4) is 0 Å². The van der Waals surface area contributed by atoms with Gasteiger partial charge in [-0.1, -0.05) is 19.1 Å². The zero-order valence-electron chi connectivity index (χ0n) is 19.8. The van der Waals surface area contributed by atoms with Crippen molar-refractivity contribution in [1.82, 2.24) is 0 Å². The molecule has 0 bridgehead atoms. The van der Waals surface area contributed by atoms with E-state index in [0.717, 1.165) is 36.5 Å². The number of anilines is 2. The highest BCUT2D eigenvalue weighted by atomic mass is 16.5. The molecule has 1 fully saturated rings. The summed E-state index contributed by atoms with van der Waals surface area (Å²) in [7, 11) is 0. The van der Waals surface area contributed by atoms with Gasteiger partial charge in [0.2, 0.25) is 5.91 Å². The zero-order chi connectivity index (χ0) is 23.5. The topological polar surface area (TPSA) is 69.3 Å². The fourth-order valence-corrected chi connectivity index (χ4v) is 3.49. The highest BCUT2D eigenvalue weighted by Gasteiger charge is 2.20. The van der Waals surface area contributed by atoms with Gasteiger partial charge in [-0.3, -0.25) is 4.79 Å². The van der Waals surface area contributed by atoms with Gasteiger partial charge in [0, 0.05) is 31.3 Å². The lowest BCUT2D eigenvalue weighted by molar-refractivity contribution is -0.111. The molecule has 0 aliphatic carbocycles. The fourth-order valence-electron chi connectivity index (χ4n) is 3.49. The van der Waals surface area contributed by atoms with Crippen LogP contribution in [0.5, 0.6) is 17.2 Å². The Labute approximate surface area is 196 Å². The van der Waals surface area contributed by atoms with E-state index in [9.17, 15) is 4.79 Å². The van der Waals surface area contributed by atoms with Gasteiger partial charge >= 0.3 is 0 Å². The minimum absolute atomic E-state index is 0.246. The van der Waals surface area contributed by atoms with Crippen LogP contribution in [0.1, 0.15) is 32.8 Å². The number of nitrogens with zero attached hydrogens (tertiary/aromatic N) is 1. The Morgan fingerprint density at radius 2 is 1.70 bits per heavy atom. The van der Waals surface area contributed by atoms with Crippen LogP contribution in [0, 0.1) is 0 Å². The van der Waals surface area contributed by atoms with Crippen molar-refractivity contribution in [3.63, 3.8) is 0 Å². The normalized spacial score (nSPS) is 13.7. The summed E-state index contributed by atoms with van der Waals surface area (Å²) in [5.74, 6) is 1.90. The van der Waals surface area contributed by atoms with E-state index < -0.39 is 0 Å². The number of hydrogen-bond donors (Lipinski definition) is 1. The quantitative estimate of drug-likeness (QED) is 0.494. The Balaban J connectivity index is 1.75. The second-order valence-electron chi connectivity index (χ2n) is 7.52. The predicted molar refractivity (Wildman–Crippen MR) is 132 cm³/mol. The monoisotopic (exact) mass is 454 g/mol. The van der Waals surface area contributed by atoms with E-state index in [4.69, 9.17) is 18.9 Å². The third-order valence-corrected chi connectivity index (χ3v) is 5.05. The average Bonchev–Trinajstić information content (AvgIpc) is 2.84. The highest BCUT2D eigenvalue weighted by molar-refractivity contribution is 6.03. The smallest absolute Gasteiger partial charge is 0.248 e. The van der Waals surface area contributed by atoms with Crippen LogP contribution >= 0.6 is 0 Å². The first-order valence-electron chi connectivity index (χ1n) is 11.6. The number of hydrogen-bond acceptors (Lipinski definition) is 6. The Hall–Kier alpha value is -3.19. The van der Waals surface area contributed by atoms with E-state index in [0.29, 0.717) is 50.2 Å². The lowest BCUT2D eigenvalue weighted by Gasteiger charge is -2.31. The number of benzene rings is 2. The van der Waals surface area contributed by atoms with Crippen molar-refractivity contribution in [3.05, 3.63) is 48.0 Å². The maximum atomic E-state index is 12.7. The van der Waals surface area contributed by atoms with Crippen molar-refractivity contribution in [2.75, 3.05) is 56.3 Å².